The molecule has 1 aromatic heterocycles. The molecule has 1 aromatic carbocycles. The van der Waals surface area contributed by atoms with E-state index in [-0.39, 0.29) is 36.3 Å². The highest BCUT2D eigenvalue weighted by atomic mass is 19.1. The lowest BCUT2D eigenvalue weighted by Gasteiger charge is -2.15. The van der Waals surface area contributed by atoms with Gasteiger partial charge in [-0.3, -0.25) is 9.59 Å². The highest BCUT2D eigenvalue weighted by Crippen LogP contribution is 2.26. The first kappa shape index (κ1) is 16.3. The summed E-state index contributed by atoms with van der Waals surface area (Å²) < 4.78 is 18.0. The number of amides is 1. The van der Waals surface area contributed by atoms with Crippen LogP contribution in [0.2, 0.25) is 0 Å². The van der Waals surface area contributed by atoms with Crippen molar-refractivity contribution in [2.75, 3.05) is 13.1 Å². The first-order valence-electron chi connectivity index (χ1n) is 7.89. The van der Waals surface area contributed by atoms with Gasteiger partial charge in [0, 0.05) is 31.5 Å². The Labute approximate surface area is 138 Å². The number of rotatable bonds is 5. The second kappa shape index (κ2) is 6.90. The van der Waals surface area contributed by atoms with Gasteiger partial charge in [-0.05, 0) is 37.6 Å². The predicted octanol–water partition coefficient (Wildman–Crippen LogP) is 2.50. The van der Waals surface area contributed by atoms with Gasteiger partial charge in [-0.2, -0.15) is 4.98 Å². The number of likely N-dealkylation sites (tertiary alicyclic amines) is 1. The molecule has 1 amide bonds. The van der Waals surface area contributed by atoms with Crippen molar-refractivity contribution in [2.24, 2.45) is 0 Å². The van der Waals surface area contributed by atoms with Crippen molar-refractivity contribution in [3.8, 4) is 0 Å². The lowest BCUT2D eigenvalue weighted by Crippen LogP contribution is -2.28. The fourth-order valence-electron chi connectivity index (χ4n) is 2.83. The van der Waals surface area contributed by atoms with Crippen LogP contribution < -0.4 is 0 Å². The lowest BCUT2D eigenvalue weighted by atomic mass is 10.1. The van der Waals surface area contributed by atoms with Gasteiger partial charge in [0.1, 0.15) is 5.82 Å². The summed E-state index contributed by atoms with van der Waals surface area (Å²) >= 11 is 0. The largest absolute Gasteiger partial charge is 0.342 e. The Kier molecular flexibility index (Phi) is 4.69. The zero-order valence-corrected chi connectivity index (χ0v) is 13.4. The molecular formula is C17H18FN3O3. The van der Waals surface area contributed by atoms with Crippen LogP contribution in [-0.4, -0.2) is 39.8 Å². The maximum Gasteiger partial charge on any atom is 0.231 e. The van der Waals surface area contributed by atoms with Crippen molar-refractivity contribution >= 4 is 11.7 Å². The van der Waals surface area contributed by atoms with Gasteiger partial charge in [0.05, 0.1) is 5.92 Å². The molecule has 6 nitrogen and oxygen atoms in total. The minimum atomic E-state index is -0.387. The third-order valence-corrected chi connectivity index (χ3v) is 4.17. The van der Waals surface area contributed by atoms with Crippen molar-refractivity contribution in [1.82, 2.24) is 15.0 Å². The molecule has 1 atom stereocenters. The van der Waals surface area contributed by atoms with Crippen LogP contribution in [0.4, 0.5) is 4.39 Å². The average Bonchev–Trinajstić information content (AvgIpc) is 3.22. The maximum absolute atomic E-state index is 12.9. The van der Waals surface area contributed by atoms with Crippen molar-refractivity contribution < 1.29 is 18.5 Å². The minimum absolute atomic E-state index is 0.0583. The summed E-state index contributed by atoms with van der Waals surface area (Å²) in [6.45, 7) is 2.91. The van der Waals surface area contributed by atoms with Crippen LogP contribution in [0, 0.1) is 12.7 Å². The van der Waals surface area contributed by atoms with E-state index in [0.717, 1.165) is 6.42 Å². The molecule has 1 saturated heterocycles. The van der Waals surface area contributed by atoms with Gasteiger partial charge in [0.2, 0.25) is 11.8 Å². The summed E-state index contributed by atoms with van der Waals surface area (Å²) in [5.74, 6) is 0.589. The van der Waals surface area contributed by atoms with Crippen LogP contribution in [0.15, 0.2) is 28.8 Å². The topological polar surface area (TPSA) is 76.3 Å². The summed E-state index contributed by atoms with van der Waals surface area (Å²) in [6.07, 6.45) is 1.04. The molecule has 0 bridgehead atoms. The summed E-state index contributed by atoms with van der Waals surface area (Å²) in [4.78, 5) is 30.2. The van der Waals surface area contributed by atoms with E-state index in [9.17, 15) is 14.0 Å². The monoisotopic (exact) mass is 331 g/mol. The lowest BCUT2D eigenvalue weighted by molar-refractivity contribution is -0.130. The van der Waals surface area contributed by atoms with E-state index in [0.29, 0.717) is 30.4 Å². The van der Waals surface area contributed by atoms with E-state index in [4.69, 9.17) is 4.52 Å². The highest BCUT2D eigenvalue weighted by Gasteiger charge is 2.30. The molecule has 0 N–H and O–H groups in total. The van der Waals surface area contributed by atoms with Crippen molar-refractivity contribution in [2.45, 2.75) is 32.1 Å². The molecule has 2 aromatic rings. The van der Waals surface area contributed by atoms with Gasteiger partial charge >= 0.3 is 0 Å². The second-order valence-corrected chi connectivity index (χ2v) is 5.94. The number of hydrogen-bond donors (Lipinski definition) is 0. The third-order valence-electron chi connectivity index (χ3n) is 4.17. The number of carbonyl (C=O) groups is 2. The van der Waals surface area contributed by atoms with Crippen LogP contribution in [0.3, 0.4) is 0 Å². The summed E-state index contributed by atoms with van der Waals surface area (Å²) in [5.41, 5.74) is 0.421. The number of carbonyl (C=O) groups excluding carboxylic acids is 2. The zero-order chi connectivity index (χ0) is 17.1. The summed E-state index contributed by atoms with van der Waals surface area (Å²) in [7, 11) is 0. The predicted molar refractivity (Wildman–Crippen MR) is 82.9 cm³/mol. The highest BCUT2D eigenvalue weighted by molar-refractivity contribution is 5.97. The molecule has 1 aliphatic heterocycles. The van der Waals surface area contributed by atoms with Crippen LogP contribution in [0.1, 0.15) is 47.3 Å². The van der Waals surface area contributed by atoms with Crippen molar-refractivity contribution in [3.05, 3.63) is 47.4 Å². The van der Waals surface area contributed by atoms with E-state index in [1.165, 1.54) is 24.3 Å². The smallest absolute Gasteiger partial charge is 0.231 e. The molecule has 0 radical (unpaired) electrons. The molecule has 0 spiro atoms. The number of hydrogen-bond acceptors (Lipinski definition) is 5. The zero-order valence-electron chi connectivity index (χ0n) is 13.4. The van der Waals surface area contributed by atoms with Gasteiger partial charge in [0.15, 0.2) is 11.6 Å². The number of ketones is 1. The Morgan fingerprint density at radius 2 is 2.04 bits per heavy atom. The van der Waals surface area contributed by atoms with E-state index < -0.39 is 0 Å². The van der Waals surface area contributed by atoms with E-state index in [1.807, 2.05) is 0 Å². The number of Topliss-reactive ketones (excluding diaryl/α,β-unsaturated/α-hetero) is 1. The van der Waals surface area contributed by atoms with E-state index >= 15 is 0 Å². The first-order valence-corrected chi connectivity index (χ1v) is 7.89. The number of benzene rings is 1. The standard InChI is InChI=1S/C17H18FN3O3/c1-11-19-17(24-20-11)13-8-9-21(10-13)16(23)7-6-15(22)12-2-4-14(18)5-3-12/h2-5,13H,6-10H2,1H3/t13-/m0/s1. The van der Waals surface area contributed by atoms with Crippen molar-refractivity contribution in [1.29, 1.82) is 0 Å². The number of aryl methyl sites for hydroxylation is 1. The number of halogens is 1. The molecule has 0 aliphatic carbocycles. The molecule has 3 rings (SSSR count). The van der Waals surface area contributed by atoms with Gasteiger partial charge < -0.3 is 9.42 Å². The Hall–Kier alpha value is -2.57. The average molecular weight is 331 g/mol. The quantitative estimate of drug-likeness (QED) is 0.787. The Balaban J connectivity index is 1.50. The summed E-state index contributed by atoms with van der Waals surface area (Å²) in [5, 5.41) is 3.77. The molecule has 126 valence electrons. The van der Waals surface area contributed by atoms with Crippen LogP contribution in [0.25, 0.3) is 0 Å². The van der Waals surface area contributed by atoms with Gasteiger partial charge in [0.25, 0.3) is 0 Å². The second-order valence-electron chi connectivity index (χ2n) is 5.94. The molecule has 0 saturated carbocycles. The van der Waals surface area contributed by atoms with Gasteiger partial charge in [-0.1, -0.05) is 5.16 Å². The molecule has 1 aliphatic rings. The van der Waals surface area contributed by atoms with Crippen LogP contribution in [0.5, 0.6) is 0 Å². The van der Waals surface area contributed by atoms with E-state index in [2.05, 4.69) is 10.1 Å². The molecule has 0 unspecified atom stereocenters. The minimum Gasteiger partial charge on any atom is -0.342 e. The fourth-order valence-corrected chi connectivity index (χ4v) is 2.83. The fraction of sp³-hybridized carbons (Fsp3) is 0.412. The molecule has 24 heavy (non-hydrogen) atoms. The van der Waals surface area contributed by atoms with Gasteiger partial charge in [-0.25, -0.2) is 4.39 Å². The molecule has 7 heteroatoms. The van der Waals surface area contributed by atoms with Crippen molar-refractivity contribution in [3.63, 3.8) is 0 Å². The number of nitrogens with zero attached hydrogens (tertiary/aromatic N) is 3. The Morgan fingerprint density at radius 1 is 1.29 bits per heavy atom. The Morgan fingerprint density at radius 3 is 2.71 bits per heavy atom. The maximum atomic E-state index is 12.9. The SMILES string of the molecule is Cc1noc([C@H]2CCN(C(=O)CCC(=O)c3ccc(F)cc3)C2)n1. The van der Waals surface area contributed by atoms with Gasteiger partial charge in [-0.15, -0.1) is 0 Å². The molecule has 1 fully saturated rings. The number of aromatic nitrogens is 2. The first-order chi connectivity index (χ1) is 11.5. The molecular weight excluding hydrogens is 313 g/mol. The van der Waals surface area contributed by atoms with E-state index in [1.54, 1.807) is 11.8 Å². The van der Waals surface area contributed by atoms with Crippen LogP contribution in [-0.2, 0) is 4.79 Å². The van der Waals surface area contributed by atoms with Crippen LogP contribution >= 0.6 is 0 Å². The third kappa shape index (κ3) is 3.67. The normalized spacial score (nSPS) is 17.2. The Bertz CT molecular complexity index is 742. The molecule has 2 heterocycles. The summed E-state index contributed by atoms with van der Waals surface area (Å²) in [6, 6.07) is 5.36.